The molecule has 18 heavy (non-hydrogen) atoms. The first kappa shape index (κ1) is 15.6. The summed E-state index contributed by atoms with van der Waals surface area (Å²) < 4.78 is 27.2. The van der Waals surface area contributed by atoms with E-state index < -0.39 is 10.0 Å². The summed E-state index contributed by atoms with van der Waals surface area (Å²) in [5.41, 5.74) is 5.62. The molecule has 1 aromatic rings. The van der Waals surface area contributed by atoms with Crippen molar-refractivity contribution in [3.8, 4) is 0 Å². The van der Waals surface area contributed by atoms with Gasteiger partial charge in [-0.15, -0.1) is 11.3 Å². The van der Waals surface area contributed by atoms with Gasteiger partial charge in [-0.2, -0.15) is 0 Å². The fraction of sp³-hybridized carbons (Fsp3) is 0.667. The maximum absolute atomic E-state index is 12.2. The number of unbranched alkanes of at least 4 members (excludes halogenated alkanes) is 1. The lowest BCUT2D eigenvalue weighted by atomic mass is 10.1. The van der Waals surface area contributed by atoms with E-state index in [1.165, 1.54) is 11.3 Å². The molecule has 1 atom stereocenters. The molecule has 0 aliphatic carbocycles. The number of nitrogens with one attached hydrogen (secondary N) is 1. The average molecular weight is 290 g/mol. The van der Waals surface area contributed by atoms with Crippen LogP contribution < -0.4 is 10.5 Å². The second-order valence-corrected chi connectivity index (χ2v) is 7.62. The molecule has 104 valence electrons. The summed E-state index contributed by atoms with van der Waals surface area (Å²) in [6.07, 6.45) is 2.80. The van der Waals surface area contributed by atoms with Crippen LogP contribution in [0.25, 0.3) is 0 Å². The molecule has 0 radical (unpaired) electrons. The highest BCUT2D eigenvalue weighted by atomic mass is 32.2. The Bertz CT molecular complexity index is 480. The van der Waals surface area contributed by atoms with Crippen LogP contribution in [0.1, 0.15) is 35.9 Å². The zero-order chi connectivity index (χ0) is 13.8. The minimum atomic E-state index is -3.43. The van der Waals surface area contributed by atoms with E-state index in [1.807, 2.05) is 13.8 Å². The molecule has 1 aromatic heterocycles. The van der Waals surface area contributed by atoms with Crippen molar-refractivity contribution >= 4 is 21.4 Å². The van der Waals surface area contributed by atoms with Crippen molar-refractivity contribution in [3.63, 3.8) is 0 Å². The van der Waals surface area contributed by atoms with Gasteiger partial charge in [-0.25, -0.2) is 13.1 Å². The maximum Gasteiger partial charge on any atom is 0.241 e. The molecular formula is C12H22N2O2S2. The van der Waals surface area contributed by atoms with Crippen LogP contribution in [0.2, 0.25) is 0 Å². The number of hydrogen-bond acceptors (Lipinski definition) is 4. The second kappa shape index (κ2) is 6.65. The number of hydrogen-bond donors (Lipinski definition) is 2. The Morgan fingerprint density at radius 3 is 2.56 bits per heavy atom. The Balaban J connectivity index is 2.83. The molecule has 0 fully saturated rings. The van der Waals surface area contributed by atoms with Crippen molar-refractivity contribution in [3.05, 3.63) is 15.8 Å². The summed E-state index contributed by atoms with van der Waals surface area (Å²) in [6, 6.07) is 1.55. The molecule has 4 nitrogen and oxygen atoms in total. The predicted octanol–water partition coefficient (Wildman–Crippen LogP) is 2.16. The zero-order valence-electron chi connectivity index (χ0n) is 11.2. The molecule has 6 heteroatoms. The summed E-state index contributed by atoms with van der Waals surface area (Å²) in [4.78, 5) is 2.22. The van der Waals surface area contributed by atoms with Crippen molar-refractivity contribution in [1.82, 2.24) is 4.72 Å². The molecule has 0 spiro atoms. The van der Waals surface area contributed by atoms with Gasteiger partial charge in [0.05, 0.1) is 4.90 Å². The molecule has 0 aliphatic heterocycles. The van der Waals surface area contributed by atoms with E-state index in [1.54, 1.807) is 6.07 Å². The van der Waals surface area contributed by atoms with Crippen LogP contribution in [0.3, 0.4) is 0 Å². The van der Waals surface area contributed by atoms with E-state index in [9.17, 15) is 8.42 Å². The third-order valence-electron chi connectivity index (χ3n) is 2.80. The average Bonchev–Trinajstić information content (AvgIpc) is 2.64. The van der Waals surface area contributed by atoms with Crippen molar-refractivity contribution < 1.29 is 8.42 Å². The summed E-state index contributed by atoms with van der Waals surface area (Å²) in [6.45, 7) is 6.15. The van der Waals surface area contributed by atoms with Gasteiger partial charge >= 0.3 is 0 Å². The molecule has 3 N–H and O–H groups in total. The van der Waals surface area contributed by atoms with Gasteiger partial charge < -0.3 is 5.73 Å². The quantitative estimate of drug-likeness (QED) is 0.808. The van der Waals surface area contributed by atoms with Gasteiger partial charge in [0.25, 0.3) is 0 Å². The van der Waals surface area contributed by atoms with Crippen molar-refractivity contribution in [2.24, 2.45) is 5.73 Å². The highest BCUT2D eigenvalue weighted by molar-refractivity contribution is 7.89. The first-order valence-electron chi connectivity index (χ1n) is 6.20. The summed E-state index contributed by atoms with van der Waals surface area (Å²) >= 11 is 1.50. The highest BCUT2D eigenvalue weighted by Crippen LogP contribution is 2.25. The largest absolute Gasteiger partial charge is 0.329 e. The van der Waals surface area contributed by atoms with Crippen LogP contribution in [0.15, 0.2) is 11.0 Å². The number of thiophene rings is 1. The van der Waals surface area contributed by atoms with E-state index in [4.69, 9.17) is 5.73 Å². The predicted molar refractivity (Wildman–Crippen MR) is 76.5 cm³/mol. The number of aryl methyl sites for hydroxylation is 2. The second-order valence-electron chi connectivity index (χ2n) is 4.47. The first-order valence-corrected chi connectivity index (χ1v) is 8.50. The smallest absolute Gasteiger partial charge is 0.241 e. The van der Waals surface area contributed by atoms with Crippen molar-refractivity contribution in [2.75, 3.05) is 6.54 Å². The summed E-state index contributed by atoms with van der Waals surface area (Å²) in [5, 5.41) is 0. The fourth-order valence-electron chi connectivity index (χ4n) is 1.83. The molecule has 0 bridgehead atoms. The normalized spacial score (nSPS) is 13.8. The van der Waals surface area contributed by atoms with E-state index in [2.05, 4.69) is 11.6 Å². The molecular weight excluding hydrogens is 268 g/mol. The highest BCUT2D eigenvalue weighted by Gasteiger charge is 2.22. The Morgan fingerprint density at radius 1 is 1.44 bits per heavy atom. The molecule has 0 saturated heterocycles. The Hall–Kier alpha value is -0.430. The summed E-state index contributed by atoms with van der Waals surface area (Å²) in [7, 11) is -3.43. The third-order valence-corrected chi connectivity index (χ3v) is 5.54. The maximum atomic E-state index is 12.2. The van der Waals surface area contributed by atoms with Gasteiger partial charge in [0, 0.05) is 22.3 Å². The van der Waals surface area contributed by atoms with Crippen LogP contribution in [0.5, 0.6) is 0 Å². The van der Waals surface area contributed by atoms with Crippen LogP contribution in [0, 0.1) is 13.8 Å². The number of nitrogens with two attached hydrogens (primary N) is 1. The molecule has 1 unspecified atom stereocenters. The lowest BCUT2D eigenvalue weighted by Gasteiger charge is -2.16. The van der Waals surface area contributed by atoms with Gasteiger partial charge in [0.15, 0.2) is 0 Å². The molecule has 0 aliphatic rings. The lowest BCUT2D eigenvalue weighted by molar-refractivity contribution is 0.516. The zero-order valence-corrected chi connectivity index (χ0v) is 12.8. The van der Waals surface area contributed by atoms with Gasteiger partial charge in [-0.1, -0.05) is 19.8 Å². The van der Waals surface area contributed by atoms with Gasteiger partial charge in [0.2, 0.25) is 10.0 Å². The Morgan fingerprint density at radius 2 is 2.11 bits per heavy atom. The van der Waals surface area contributed by atoms with Gasteiger partial charge in [-0.05, 0) is 26.3 Å². The van der Waals surface area contributed by atoms with Crippen molar-refractivity contribution in [1.29, 1.82) is 0 Å². The fourth-order valence-corrected chi connectivity index (χ4v) is 4.67. The molecule has 0 saturated carbocycles. The topological polar surface area (TPSA) is 72.2 Å². The Labute approximate surface area is 114 Å². The number of sulfonamides is 1. The standard InChI is InChI=1S/C12H22N2O2S2/c1-4-5-6-11(8-13)14-18(15,16)12-7-9(2)17-10(12)3/h7,11,14H,4-6,8,13H2,1-3H3. The molecule has 0 aromatic carbocycles. The molecule has 0 amide bonds. The van der Waals surface area contributed by atoms with E-state index >= 15 is 0 Å². The molecule has 1 rings (SSSR count). The van der Waals surface area contributed by atoms with Crippen LogP contribution in [-0.2, 0) is 10.0 Å². The van der Waals surface area contributed by atoms with Crippen LogP contribution in [0.4, 0.5) is 0 Å². The van der Waals surface area contributed by atoms with E-state index in [-0.39, 0.29) is 6.04 Å². The molecule has 1 heterocycles. The summed E-state index contributed by atoms with van der Waals surface area (Å²) in [5.74, 6) is 0. The monoisotopic (exact) mass is 290 g/mol. The van der Waals surface area contributed by atoms with Crippen molar-refractivity contribution in [2.45, 2.75) is 51.0 Å². The minimum Gasteiger partial charge on any atom is -0.329 e. The van der Waals surface area contributed by atoms with E-state index in [0.717, 1.165) is 29.0 Å². The number of rotatable bonds is 7. The van der Waals surface area contributed by atoms with Gasteiger partial charge in [0.1, 0.15) is 0 Å². The van der Waals surface area contributed by atoms with Gasteiger partial charge in [-0.3, -0.25) is 0 Å². The van der Waals surface area contributed by atoms with Crippen LogP contribution in [-0.4, -0.2) is 21.0 Å². The SMILES string of the molecule is CCCCC(CN)NS(=O)(=O)c1cc(C)sc1C. The minimum absolute atomic E-state index is 0.172. The Kier molecular flexibility index (Phi) is 5.78. The first-order chi connectivity index (χ1) is 8.40. The van der Waals surface area contributed by atoms with E-state index in [0.29, 0.717) is 11.4 Å². The lowest BCUT2D eigenvalue weighted by Crippen LogP contribution is -2.40. The van der Waals surface area contributed by atoms with Crippen LogP contribution >= 0.6 is 11.3 Å². The third kappa shape index (κ3) is 4.05.